The third-order valence-corrected chi connectivity index (χ3v) is 5.73. The normalized spacial score (nSPS) is 25.6. The second-order valence-corrected chi connectivity index (χ2v) is 8.09. The Kier molecular flexibility index (Phi) is 5.66. The monoisotopic (exact) mass is 357 g/mol. The van der Waals surface area contributed by atoms with E-state index in [0.29, 0.717) is 5.92 Å². The Bertz CT molecular complexity index is 640. The second-order valence-electron chi connectivity index (χ2n) is 8.09. The van der Waals surface area contributed by atoms with E-state index in [9.17, 15) is 9.59 Å². The summed E-state index contributed by atoms with van der Waals surface area (Å²) in [6.07, 6.45) is 5.07. The first-order valence-electron chi connectivity index (χ1n) is 9.91. The Hall–Kier alpha value is -1.88. The van der Waals surface area contributed by atoms with Gasteiger partial charge in [-0.25, -0.2) is 9.69 Å². The number of amides is 3. The predicted molar refractivity (Wildman–Crippen MR) is 102 cm³/mol. The van der Waals surface area contributed by atoms with E-state index >= 15 is 0 Å². The van der Waals surface area contributed by atoms with E-state index in [4.69, 9.17) is 0 Å². The Labute approximate surface area is 156 Å². The van der Waals surface area contributed by atoms with Gasteiger partial charge in [0.05, 0.1) is 6.17 Å². The molecule has 142 valence electrons. The van der Waals surface area contributed by atoms with Crippen molar-refractivity contribution in [3.63, 3.8) is 0 Å². The molecule has 5 nitrogen and oxygen atoms in total. The molecule has 1 aliphatic heterocycles. The molecular formula is C21H31N3O2. The maximum absolute atomic E-state index is 13.6. The lowest BCUT2D eigenvalue weighted by molar-refractivity contribution is -0.136. The van der Waals surface area contributed by atoms with Gasteiger partial charge >= 0.3 is 6.03 Å². The molecule has 2 aliphatic rings. The number of rotatable bonds is 6. The van der Waals surface area contributed by atoms with Gasteiger partial charge in [-0.2, -0.15) is 0 Å². The fourth-order valence-electron chi connectivity index (χ4n) is 4.36. The molecule has 1 aromatic rings. The lowest BCUT2D eigenvalue weighted by Gasteiger charge is -2.38. The van der Waals surface area contributed by atoms with Crippen molar-refractivity contribution >= 4 is 11.9 Å². The van der Waals surface area contributed by atoms with Crippen LogP contribution in [0.5, 0.6) is 0 Å². The van der Waals surface area contributed by atoms with Gasteiger partial charge in [-0.1, -0.05) is 63.4 Å². The highest BCUT2D eigenvalue weighted by molar-refractivity contribution is 6.08. The number of imide groups is 1. The van der Waals surface area contributed by atoms with Gasteiger partial charge in [0.15, 0.2) is 0 Å². The molecule has 0 spiro atoms. The molecule has 1 saturated heterocycles. The van der Waals surface area contributed by atoms with Crippen molar-refractivity contribution in [2.45, 2.75) is 64.6 Å². The third-order valence-electron chi connectivity index (χ3n) is 5.73. The Morgan fingerprint density at radius 2 is 1.77 bits per heavy atom. The van der Waals surface area contributed by atoms with Gasteiger partial charge in [0.2, 0.25) is 0 Å². The van der Waals surface area contributed by atoms with Crippen molar-refractivity contribution in [2.24, 2.45) is 11.8 Å². The van der Waals surface area contributed by atoms with Gasteiger partial charge in [0, 0.05) is 0 Å². The van der Waals surface area contributed by atoms with Gasteiger partial charge in [-0.3, -0.25) is 10.1 Å². The molecule has 5 heteroatoms. The smallest absolute Gasteiger partial charge is 0.319 e. The van der Waals surface area contributed by atoms with Crippen LogP contribution in [0.4, 0.5) is 4.79 Å². The Morgan fingerprint density at radius 1 is 1.12 bits per heavy atom. The minimum atomic E-state index is -0.924. The predicted octanol–water partition coefficient (Wildman–Crippen LogP) is 3.61. The van der Waals surface area contributed by atoms with Gasteiger partial charge in [0.1, 0.15) is 5.54 Å². The van der Waals surface area contributed by atoms with Crippen LogP contribution >= 0.6 is 0 Å². The van der Waals surface area contributed by atoms with Crippen LogP contribution in [0.3, 0.4) is 0 Å². The number of carbonyl (C=O) groups is 2. The summed E-state index contributed by atoms with van der Waals surface area (Å²) < 4.78 is 0. The molecule has 3 rings (SSSR count). The number of hydrogen-bond acceptors (Lipinski definition) is 3. The van der Waals surface area contributed by atoms with E-state index < -0.39 is 5.54 Å². The van der Waals surface area contributed by atoms with E-state index in [2.05, 4.69) is 24.5 Å². The molecule has 1 aliphatic carbocycles. The second kappa shape index (κ2) is 7.78. The third kappa shape index (κ3) is 3.37. The van der Waals surface area contributed by atoms with Crippen LogP contribution < -0.4 is 10.6 Å². The van der Waals surface area contributed by atoms with Crippen molar-refractivity contribution in [1.29, 1.82) is 0 Å². The average Bonchev–Trinajstić information content (AvgIpc) is 2.92. The maximum atomic E-state index is 13.6. The summed E-state index contributed by atoms with van der Waals surface area (Å²) in [5.74, 6) is 0.497. The number of benzene rings is 1. The van der Waals surface area contributed by atoms with Crippen LogP contribution in [0.25, 0.3) is 0 Å². The van der Waals surface area contributed by atoms with Crippen LogP contribution in [-0.4, -0.2) is 29.5 Å². The first-order valence-corrected chi connectivity index (χ1v) is 9.91. The summed E-state index contributed by atoms with van der Waals surface area (Å²) >= 11 is 0. The van der Waals surface area contributed by atoms with E-state index in [1.165, 1.54) is 11.3 Å². The average molecular weight is 357 g/mol. The molecular weight excluding hydrogens is 326 g/mol. The zero-order chi connectivity index (χ0) is 18.7. The van der Waals surface area contributed by atoms with Crippen molar-refractivity contribution in [2.75, 3.05) is 6.54 Å². The molecule has 0 bridgehead atoms. The highest BCUT2D eigenvalue weighted by Crippen LogP contribution is 2.43. The van der Waals surface area contributed by atoms with Gasteiger partial charge in [-0.15, -0.1) is 0 Å². The summed E-state index contributed by atoms with van der Waals surface area (Å²) in [5, 5.41) is 6.44. The molecule has 2 N–H and O–H groups in total. The zero-order valence-electron chi connectivity index (χ0n) is 16.1. The van der Waals surface area contributed by atoms with E-state index in [1.54, 1.807) is 0 Å². The van der Waals surface area contributed by atoms with E-state index in [1.807, 2.05) is 37.3 Å². The maximum Gasteiger partial charge on any atom is 0.326 e. The van der Waals surface area contributed by atoms with E-state index in [0.717, 1.165) is 37.8 Å². The molecule has 1 aromatic carbocycles. The molecule has 3 amide bonds. The summed E-state index contributed by atoms with van der Waals surface area (Å²) in [5.41, 5.74) is -0.0178. The zero-order valence-corrected chi connectivity index (χ0v) is 16.1. The first-order chi connectivity index (χ1) is 12.5. The quantitative estimate of drug-likeness (QED) is 0.765. The summed E-state index contributed by atoms with van der Waals surface area (Å²) in [6.45, 7) is 6.88. The minimum absolute atomic E-state index is 0.107. The molecule has 0 radical (unpaired) electrons. The lowest BCUT2D eigenvalue weighted by Crippen LogP contribution is -2.53. The number of nitrogens with zero attached hydrogens (tertiary/aromatic N) is 1. The van der Waals surface area contributed by atoms with Crippen LogP contribution in [0.2, 0.25) is 0 Å². The molecule has 2 fully saturated rings. The largest absolute Gasteiger partial charge is 0.326 e. The van der Waals surface area contributed by atoms with Crippen LogP contribution in [0.1, 0.15) is 58.4 Å². The van der Waals surface area contributed by atoms with Crippen molar-refractivity contribution in [1.82, 2.24) is 15.5 Å². The lowest BCUT2D eigenvalue weighted by atomic mass is 9.71. The number of hydrogen-bond donors (Lipinski definition) is 2. The van der Waals surface area contributed by atoms with Crippen LogP contribution in [0.15, 0.2) is 30.3 Å². The molecule has 2 unspecified atom stereocenters. The molecule has 26 heavy (non-hydrogen) atoms. The Balaban J connectivity index is 1.94. The highest BCUT2D eigenvalue weighted by Gasteiger charge is 2.57. The molecule has 0 aromatic heterocycles. The first kappa shape index (κ1) is 18.9. The fourth-order valence-corrected chi connectivity index (χ4v) is 4.36. The van der Waals surface area contributed by atoms with Gasteiger partial charge in [0.25, 0.3) is 5.91 Å². The van der Waals surface area contributed by atoms with Crippen molar-refractivity contribution < 1.29 is 9.59 Å². The van der Waals surface area contributed by atoms with Crippen molar-refractivity contribution in [3.8, 4) is 0 Å². The number of carbonyl (C=O) groups excluding carboxylic acids is 2. The number of nitrogens with one attached hydrogen (secondary N) is 2. The van der Waals surface area contributed by atoms with Crippen molar-refractivity contribution in [3.05, 3.63) is 35.9 Å². The Morgan fingerprint density at radius 3 is 2.38 bits per heavy atom. The van der Waals surface area contributed by atoms with Gasteiger partial charge < -0.3 is 5.32 Å². The van der Waals surface area contributed by atoms with Crippen LogP contribution in [0, 0.1) is 11.8 Å². The fraction of sp³-hybridized carbons (Fsp3) is 0.619. The molecule has 1 heterocycles. The van der Waals surface area contributed by atoms with Crippen LogP contribution in [-0.2, 0) is 10.3 Å². The van der Waals surface area contributed by atoms with Gasteiger partial charge in [-0.05, 0) is 43.7 Å². The SMILES string of the molecule is CC(C)CNC(C)N1C(=O)NC(c2ccccc2)(C2CCCCC2)C1=O. The summed E-state index contributed by atoms with van der Waals surface area (Å²) in [6, 6.07) is 9.51. The summed E-state index contributed by atoms with van der Waals surface area (Å²) in [4.78, 5) is 27.9. The number of urea groups is 1. The molecule has 2 atom stereocenters. The van der Waals surface area contributed by atoms with E-state index in [-0.39, 0.29) is 24.0 Å². The minimum Gasteiger partial charge on any atom is -0.319 e. The standard InChI is InChI=1S/C21H31N3O2/c1-15(2)14-22-16(3)24-19(25)21(23-20(24)26,17-10-6-4-7-11-17)18-12-8-5-9-13-18/h4,6-7,10-11,15-16,18,22H,5,8-9,12-14H2,1-3H3,(H,23,26). The summed E-state index contributed by atoms with van der Waals surface area (Å²) in [7, 11) is 0. The molecule has 1 saturated carbocycles. The topological polar surface area (TPSA) is 61.4 Å². The highest BCUT2D eigenvalue weighted by atomic mass is 16.2.